The van der Waals surface area contributed by atoms with Crippen LogP contribution in [0.15, 0.2) is 0 Å². The molecule has 0 radical (unpaired) electrons. The van der Waals surface area contributed by atoms with Gasteiger partial charge in [0.2, 0.25) is 10.0 Å². The molecule has 2 N–H and O–H groups in total. The number of rotatable bonds is 6. The van der Waals surface area contributed by atoms with Gasteiger partial charge in [-0.3, -0.25) is 4.79 Å². The monoisotopic (exact) mass is 276 g/mol. The molecule has 1 saturated carbocycles. The molecule has 0 spiro atoms. The van der Waals surface area contributed by atoms with E-state index in [4.69, 9.17) is 5.11 Å². The number of carbonyl (C=O) groups is 1. The molecular weight excluding hydrogens is 256 g/mol. The Hall–Kier alpha value is -0.660. The predicted octanol–water partition coefficient (Wildman–Crippen LogP) is 0.00570. The smallest absolute Gasteiger partial charge is 0.323 e. The Kier molecular flexibility index (Phi) is 3.93. The van der Waals surface area contributed by atoms with Crippen molar-refractivity contribution in [2.24, 2.45) is 0 Å². The molecule has 0 aromatic heterocycles. The second-order valence-corrected chi connectivity index (χ2v) is 7.33. The number of sulfonamides is 1. The van der Waals surface area contributed by atoms with E-state index in [1.807, 2.05) is 0 Å². The van der Waals surface area contributed by atoms with Crippen LogP contribution in [0, 0.1) is 0 Å². The Morgan fingerprint density at radius 3 is 2.56 bits per heavy atom. The van der Waals surface area contributed by atoms with Crippen molar-refractivity contribution in [3.8, 4) is 0 Å². The molecule has 2 atom stereocenters. The first-order valence-corrected chi connectivity index (χ1v) is 7.90. The highest BCUT2D eigenvalue weighted by Crippen LogP contribution is 2.31. The molecule has 2 aliphatic rings. The summed E-state index contributed by atoms with van der Waals surface area (Å²) in [6.07, 6.45) is 3.70. The van der Waals surface area contributed by atoms with Gasteiger partial charge in [-0.1, -0.05) is 0 Å². The second kappa shape index (κ2) is 5.14. The van der Waals surface area contributed by atoms with E-state index in [0.717, 1.165) is 32.2 Å². The molecule has 2 unspecified atom stereocenters. The first kappa shape index (κ1) is 13.8. The average molecular weight is 276 g/mol. The van der Waals surface area contributed by atoms with Gasteiger partial charge in [0.05, 0.1) is 0 Å². The zero-order valence-corrected chi connectivity index (χ0v) is 11.3. The van der Waals surface area contributed by atoms with Gasteiger partial charge >= 0.3 is 5.97 Å². The van der Waals surface area contributed by atoms with Gasteiger partial charge in [0, 0.05) is 18.6 Å². The van der Waals surface area contributed by atoms with Crippen molar-refractivity contribution in [1.82, 2.24) is 9.62 Å². The number of hydrogen-bond acceptors (Lipinski definition) is 4. The first-order chi connectivity index (χ1) is 8.43. The highest BCUT2D eigenvalue weighted by atomic mass is 32.2. The van der Waals surface area contributed by atoms with Crippen molar-refractivity contribution in [2.75, 3.05) is 13.1 Å². The molecule has 0 aromatic rings. The van der Waals surface area contributed by atoms with Gasteiger partial charge in [0.15, 0.2) is 5.25 Å². The summed E-state index contributed by atoms with van der Waals surface area (Å²) in [7, 11) is -3.73. The number of carboxylic acids is 1. The van der Waals surface area contributed by atoms with E-state index < -0.39 is 21.2 Å². The molecule has 18 heavy (non-hydrogen) atoms. The van der Waals surface area contributed by atoms with Crippen LogP contribution in [0.3, 0.4) is 0 Å². The maximum absolute atomic E-state index is 12.3. The molecule has 1 heterocycles. The van der Waals surface area contributed by atoms with Crippen molar-refractivity contribution < 1.29 is 18.3 Å². The van der Waals surface area contributed by atoms with Crippen molar-refractivity contribution >= 4 is 16.0 Å². The summed E-state index contributed by atoms with van der Waals surface area (Å²) in [5.41, 5.74) is 0. The Morgan fingerprint density at radius 1 is 1.44 bits per heavy atom. The quantitative estimate of drug-likeness (QED) is 0.713. The summed E-state index contributed by atoms with van der Waals surface area (Å²) in [5, 5.41) is 10.8. The van der Waals surface area contributed by atoms with Crippen LogP contribution < -0.4 is 5.32 Å². The third-order valence-electron chi connectivity index (χ3n) is 3.64. The Balaban J connectivity index is 2.11. The Labute approximate surface area is 107 Å². The molecule has 104 valence electrons. The SMILES string of the molecule is CC(C(=O)O)S(=O)(=O)N(CC1CCCN1)C1CC1. The highest BCUT2D eigenvalue weighted by Gasteiger charge is 2.43. The van der Waals surface area contributed by atoms with Crippen LogP contribution in [0.5, 0.6) is 0 Å². The fraction of sp³-hybridized carbons (Fsp3) is 0.909. The molecule has 1 aliphatic heterocycles. The van der Waals surface area contributed by atoms with E-state index in [1.54, 1.807) is 0 Å². The molecule has 1 saturated heterocycles. The molecule has 0 bridgehead atoms. The predicted molar refractivity (Wildman–Crippen MR) is 66.8 cm³/mol. The fourth-order valence-corrected chi connectivity index (χ4v) is 3.96. The number of aliphatic carboxylic acids is 1. The third kappa shape index (κ3) is 2.84. The van der Waals surface area contributed by atoms with E-state index in [-0.39, 0.29) is 12.1 Å². The lowest BCUT2D eigenvalue weighted by molar-refractivity contribution is -0.136. The van der Waals surface area contributed by atoms with Crippen LogP contribution >= 0.6 is 0 Å². The Morgan fingerprint density at radius 2 is 2.11 bits per heavy atom. The van der Waals surface area contributed by atoms with Crippen LogP contribution in [0.2, 0.25) is 0 Å². The first-order valence-electron chi connectivity index (χ1n) is 6.40. The molecule has 2 fully saturated rings. The minimum Gasteiger partial charge on any atom is -0.480 e. The second-order valence-electron chi connectivity index (χ2n) is 5.12. The van der Waals surface area contributed by atoms with Gasteiger partial charge in [0.25, 0.3) is 0 Å². The molecule has 0 amide bonds. The standard InChI is InChI=1S/C11H20N2O4S/c1-8(11(14)15)18(16,17)13(10-4-5-10)7-9-3-2-6-12-9/h8-10,12H,2-7H2,1H3,(H,14,15). The minimum absolute atomic E-state index is 0.0131. The van der Waals surface area contributed by atoms with Gasteiger partial charge in [-0.15, -0.1) is 0 Å². The van der Waals surface area contributed by atoms with Crippen molar-refractivity contribution in [2.45, 2.75) is 49.9 Å². The van der Waals surface area contributed by atoms with Crippen molar-refractivity contribution in [3.63, 3.8) is 0 Å². The number of carboxylic acid groups (broad SMARTS) is 1. The molecule has 6 nitrogen and oxygen atoms in total. The highest BCUT2D eigenvalue weighted by molar-refractivity contribution is 7.90. The van der Waals surface area contributed by atoms with Crippen LogP contribution in [0.4, 0.5) is 0 Å². The van der Waals surface area contributed by atoms with Crippen molar-refractivity contribution in [1.29, 1.82) is 0 Å². The summed E-state index contributed by atoms with van der Waals surface area (Å²) < 4.78 is 25.9. The average Bonchev–Trinajstić information content (AvgIpc) is 3.01. The lowest BCUT2D eigenvalue weighted by atomic mass is 10.2. The van der Waals surface area contributed by atoms with E-state index in [9.17, 15) is 13.2 Å². The normalized spacial score (nSPS) is 26.4. The van der Waals surface area contributed by atoms with E-state index in [2.05, 4.69) is 5.32 Å². The fourth-order valence-electron chi connectivity index (χ4n) is 2.28. The third-order valence-corrected chi connectivity index (χ3v) is 5.83. The maximum Gasteiger partial charge on any atom is 0.323 e. The van der Waals surface area contributed by atoms with E-state index in [0.29, 0.717) is 6.54 Å². The molecule has 1 aliphatic carbocycles. The van der Waals surface area contributed by atoms with Crippen LogP contribution in [0.25, 0.3) is 0 Å². The minimum atomic E-state index is -3.73. The van der Waals surface area contributed by atoms with Gasteiger partial charge in [-0.2, -0.15) is 4.31 Å². The molecule has 0 aromatic carbocycles. The van der Waals surface area contributed by atoms with Crippen LogP contribution in [-0.4, -0.2) is 54.2 Å². The number of hydrogen-bond donors (Lipinski definition) is 2. The lowest BCUT2D eigenvalue weighted by Crippen LogP contribution is -2.47. The lowest BCUT2D eigenvalue weighted by Gasteiger charge is -2.26. The van der Waals surface area contributed by atoms with Gasteiger partial charge in [-0.25, -0.2) is 8.42 Å². The zero-order valence-electron chi connectivity index (χ0n) is 10.5. The van der Waals surface area contributed by atoms with Crippen LogP contribution in [0.1, 0.15) is 32.6 Å². The summed E-state index contributed by atoms with van der Waals surface area (Å²) in [4.78, 5) is 10.9. The molecule has 2 rings (SSSR count). The largest absolute Gasteiger partial charge is 0.480 e. The topological polar surface area (TPSA) is 86.7 Å². The van der Waals surface area contributed by atoms with E-state index >= 15 is 0 Å². The maximum atomic E-state index is 12.3. The summed E-state index contributed by atoms with van der Waals surface area (Å²) >= 11 is 0. The van der Waals surface area contributed by atoms with Gasteiger partial charge in [-0.05, 0) is 39.2 Å². The zero-order chi connectivity index (χ0) is 13.3. The number of nitrogens with zero attached hydrogens (tertiary/aromatic N) is 1. The summed E-state index contributed by atoms with van der Waals surface area (Å²) in [5.74, 6) is -1.28. The van der Waals surface area contributed by atoms with Gasteiger partial charge in [0.1, 0.15) is 0 Å². The van der Waals surface area contributed by atoms with Crippen molar-refractivity contribution in [3.05, 3.63) is 0 Å². The van der Waals surface area contributed by atoms with Crippen LogP contribution in [-0.2, 0) is 14.8 Å². The Bertz CT molecular complexity index is 413. The van der Waals surface area contributed by atoms with E-state index in [1.165, 1.54) is 11.2 Å². The van der Waals surface area contributed by atoms with Gasteiger partial charge < -0.3 is 10.4 Å². The molecular formula is C11H20N2O4S. The molecule has 7 heteroatoms. The summed E-state index contributed by atoms with van der Waals surface area (Å²) in [6.45, 7) is 2.57. The summed E-state index contributed by atoms with van der Waals surface area (Å²) in [6, 6.07) is 0.181. The number of nitrogens with one attached hydrogen (secondary N) is 1.